The first-order chi connectivity index (χ1) is 9.65. The standard InChI is InChI=1S/C13H20N4O3/c1-16(7-13-14-10-15-17(13)2)6-11(18)8-19-9-12-4-3-5-20-12/h3-5,10-11,18H,6-9H2,1-2H3. The van der Waals surface area contributed by atoms with Gasteiger partial charge in [-0.05, 0) is 19.2 Å². The van der Waals surface area contributed by atoms with Crippen molar-refractivity contribution in [3.05, 3.63) is 36.3 Å². The summed E-state index contributed by atoms with van der Waals surface area (Å²) in [5, 5.41) is 13.9. The Hall–Kier alpha value is -1.70. The van der Waals surface area contributed by atoms with Gasteiger partial charge < -0.3 is 14.3 Å². The fourth-order valence-electron chi connectivity index (χ4n) is 1.87. The molecule has 1 N–H and O–H groups in total. The van der Waals surface area contributed by atoms with E-state index in [1.165, 1.54) is 6.33 Å². The number of aryl methyl sites for hydroxylation is 1. The van der Waals surface area contributed by atoms with Crippen LogP contribution in [0.15, 0.2) is 29.1 Å². The van der Waals surface area contributed by atoms with Crippen LogP contribution in [0.25, 0.3) is 0 Å². The Morgan fingerprint density at radius 3 is 3.05 bits per heavy atom. The lowest BCUT2D eigenvalue weighted by Gasteiger charge is -2.19. The van der Waals surface area contributed by atoms with Crippen molar-refractivity contribution in [2.75, 3.05) is 20.2 Å². The molecule has 0 amide bonds. The second-order valence-electron chi connectivity index (χ2n) is 4.74. The summed E-state index contributed by atoms with van der Waals surface area (Å²) >= 11 is 0. The van der Waals surface area contributed by atoms with Crippen molar-refractivity contribution >= 4 is 0 Å². The Morgan fingerprint density at radius 2 is 2.40 bits per heavy atom. The van der Waals surface area contributed by atoms with Gasteiger partial charge >= 0.3 is 0 Å². The molecule has 0 saturated carbocycles. The van der Waals surface area contributed by atoms with Gasteiger partial charge in [-0.15, -0.1) is 0 Å². The molecular formula is C13H20N4O3. The molecule has 7 heteroatoms. The average molecular weight is 280 g/mol. The van der Waals surface area contributed by atoms with Crippen LogP contribution < -0.4 is 0 Å². The number of nitrogens with zero attached hydrogens (tertiary/aromatic N) is 4. The minimum Gasteiger partial charge on any atom is -0.467 e. The number of hydrogen-bond donors (Lipinski definition) is 1. The van der Waals surface area contributed by atoms with Crippen LogP contribution in [0.5, 0.6) is 0 Å². The first-order valence-electron chi connectivity index (χ1n) is 6.44. The Balaban J connectivity index is 1.66. The number of furan rings is 1. The highest BCUT2D eigenvalue weighted by atomic mass is 16.5. The Morgan fingerprint density at radius 1 is 1.55 bits per heavy atom. The third-order valence-corrected chi connectivity index (χ3v) is 2.87. The van der Waals surface area contributed by atoms with Crippen LogP contribution in [0.4, 0.5) is 0 Å². The van der Waals surface area contributed by atoms with Crippen molar-refractivity contribution in [2.45, 2.75) is 19.3 Å². The Bertz CT molecular complexity index is 497. The molecule has 0 saturated heterocycles. The van der Waals surface area contributed by atoms with Crippen LogP contribution in [0.3, 0.4) is 0 Å². The number of aromatic nitrogens is 3. The zero-order valence-corrected chi connectivity index (χ0v) is 11.8. The van der Waals surface area contributed by atoms with E-state index in [0.29, 0.717) is 19.7 Å². The molecule has 2 aromatic heterocycles. The van der Waals surface area contributed by atoms with E-state index in [4.69, 9.17) is 9.15 Å². The molecule has 0 aliphatic heterocycles. The van der Waals surface area contributed by atoms with E-state index in [9.17, 15) is 5.11 Å². The molecule has 0 aromatic carbocycles. The van der Waals surface area contributed by atoms with E-state index in [2.05, 4.69) is 10.1 Å². The molecule has 1 unspecified atom stereocenters. The number of hydrogen-bond acceptors (Lipinski definition) is 6. The fraction of sp³-hybridized carbons (Fsp3) is 0.538. The monoisotopic (exact) mass is 280 g/mol. The highest BCUT2D eigenvalue weighted by Gasteiger charge is 2.11. The molecule has 1 atom stereocenters. The van der Waals surface area contributed by atoms with E-state index >= 15 is 0 Å². The van der Waals surface area contributed by atoms with E-state index in [1.807, 2.05) is 31.1 Å². The second kappa shape index (κ2) is 7.18. The van der Waals surface area contributed by atoms with Crippen LogP contribution in [0, 0.1) is 0 Å². The minimum absolute atomic E-state index is 0.268. The molecule has 0 bridgehead atoms. The predicted molar refractivity (Wildman–Crippen MR) is 71.7 cm³/mol. The molecule has 2 aromatic rings. The van der Waals surface area contributed by atoms with E-state index in [-0.39, 0.29) is 6.61 Å². The smallest absolute Gasteiger partial charge is 0.140 e. The summed E-state index contributed by atoms with van der Waals surface area (Å²) in [4.78, 5) is 6.12. The molecular weight excluding hydrogens is 260 g/mol. The SMILES string of the molecule is CN(Cc1ncnn1C)CC(O)COCc1ccco1. The van der Waals surface area contributed by atoms with Gasteiger partial charge in [-0.2, -0.15) is 5.10 Å². The summed E-state index contributed by atoms with van der Waals surface area (Å²) in [6.45, 7) is 1.78. The molecule has 0 radical (unpaired) electrons. The van der Waals surface area contributed by atoms with Crippen molar-refractivity contribution in [3.8, 4) is 0 Å². The van der Waals surface area contributed by atoms with Gasteiger partial charge in [-0.25, -0.2) is 4.98 Å². The molecule has 7 nitrogen and oxygen atoms in total. The fourth-order valence-corrected chi connectivity index (χ4v) is 1.87. The van der Waals surface area contributed by atoms with Gasteiger partial charge in [0.15, 0.2) is 0 Å². The summed E-state index contributed by atoms with van der Waals surface area (Å²) in [5.74, 6) is 1.61. The van der Waals surface area contributed by atoms with Gasteiger partial charge in [0.25, 0.3) is 0 Å². The summed E-state index contributed by atoms with van der Waals surface area (Å²) in [5.41, 5.74) is 0. The van der Waals surface area contributed by atoms with Crippen LogP contribution in [0.2, 0.25) is 0 Å². The van der Waals surface area contributed by atoms with Crippen LogP contribution >= 0.6 is 0 Å². The zero-order valence-electron chi connectivity index (χ0n) is 11.8. The number of ether oxygens (including phenoxy) is 1. The first kappa shape index (κ1) is 14.7. The Kier molecular flexibility index (Phi) is 5.28. The molecule has 20 heavy (non-hydrogen) atoms. The summed E-state index contributed by atoms with van der Waals surface area (Å²) in [7, 11) is 3.77. The Labute approximate surface area is 117 Å². The summed E-state index contributed by atoms with van der Waals surface area (Å²) in [6, 6.07) is 3.65. The van der Waals surface area contributed by atoms with Crippen molar-refractivity contribution < 1.29 is 14.3 Å². The van der Waals surface area contributed by atoms with Gasteiger partial charge in [0, 0.05) is 13.6 Å². The van der Waals surface area contributed by atoms with Crippen molar-refractivity contribution in [3.63, 3.8) is 0 Å². The van der Waals surface area contributed by atoms with Crippen molar-refractivity contribution in [2.24, 2.45) is 7.05 Å². The largest absolute Gasteiger partial charge is 0.467 e. The molecule has 2 rings (SSSR count). The van der Waals surface area contributed by atoms with Crippen molar-refractivity contribution in [1.82, 2.24) is 19.7 Å². The lowest BCUT2D eigenvalue weighted by atomic mass is 10.3. The topological polar surface area (TPSA) is 76.6 Å². The quantitative estimate of drug-likeness (QED) is 0.755. The van der Waals surface area contributed by atoms with Gasteiger partial charge in [-0.3, -0.25) is 9.58 Å². The number of rotatable bonds is 8. The van der Waals surface area contributed by atoms with E-state index < -0.39 is 6.10 Å². The minimum atomic E-state index is -0.553. The maximum Gasteiger partial charge on any atom is 0.140 e. The lowest BCUT2D eigenvalue weighted by Crippen LogP contribution is -2.32. The first-order valence-corrected chi connectivity index (χ1v) is 6.44. The highest BCUT2D eigenvalue weighted by molar-refractivity contribution is 4.96. The highest BCUT2D eigenvalue weighted by Crippen LogP contribution is 2.03. The maximum absolute atomic E-state index is 9.91. The van der Waals surface area contributed by atoms with Crippen LogP contribution in [-0.2, 0) is 24.9 Å². The predicted octanol–water partition coefficient (Wildman–Crippen LogP) is 0.418. The molecule has 2 heterocycles. The van der Waals surface area contributed by atoms with Gasteiger partial charge in [0.1, 0.15) is 24.5 Å². The third-order valence-electron chi connectivity index (χ3n) is 2.87. The number of aliphatic hydroxyl groups is 1. The maximum atomic E-state index is 9.91. The van der Waals surface area contributed by atoms with Gasteiger partial charge in [0.2, 0.25) is 0 Å². The third kappa shape index (κ3) is 4.44. The van der Waals surface area contributed by atoms with Gasteiger partial charge in [0.05, 0.1) is 25.5 Å². The summed E-state index contributed by atoms with van der Waals surface area (Å²) < 4.78 is 12.3. The molecule has 110 valence electrons. The molecule has 0 fully saturated rings. The average Bonchev–Trinajstić information content (AvgIpc) is 3.02. The number of likely N-dealkylation sites (N-methyl/N-ethyl adjacent to an activating group) is 1. The summed E-state index contributed by atoms with van der Waals surface area (Å²) in [6.07, 6.45) is 2.57. The van der Waals surface area contributed by atoms with E-state index in [0.717, 1.165) is 11.6 Å². The van der Waals surface area contributed by atoms with Gasteiger partial charge in [-0.1, -0.05) is 0 Å². The molecule has 0 spiro atoms. The molecule has 0 aliphatic rings. The zero-order chi connectivity index (χ0) is 14.4. The van der Waals surface area contributed by atoms with E-state index in [1.54, 1.807) is 10.9 Å². The van der Waals surface area contributed by atoms with Crippen LogP contribution in [0.1, 0.15) is 11.6 Å². The number of aliphatic hydroxyl groups excluding tert-OH is 1. The second-order valence-corrected chi connectivity index (χ2v) is 4.74. The normalized spacial score (nSPS) is 13.0. The molecule has 0 aliphatic carbocycles. The lowest BCUT2D eigenvalue weighted by molar-refractivity contribution is 0.00729. The van der Waals surface area contributed by atoms with Crippen LogP contribution in [-0.4, -0.2) is 51.1 Å². The van der Waals surface area contributed by atoms with Crippen molar-refractivity contribution in [1.29, 1.82) is 0 Å².